The van der Waals surface area contributed by atoms with Crippen LogP contribution in [0.3, 0.4) is 0 Å². The first kappa shape index (κ1) is 14.4. The standard InChI is InChI=1S/C14H13N3O4/c1-9-4-11(6-12(5-9)17(20)21)15-7-10-2-3-13(14(18)19)16-8-10/h2-6,8,15H,7H2,1H3,(H,18,19). The molecule has 0 aliphatic heterocycles. The van der Waals surface area contributed by atoms with Crippen molar-refractivity contribution in [1.29, 1.82) is 0 Å². The van der Waals surface area contributed by atoms with Crippen molar-refractivity contribution in [3.8, 4) is 0 Å². The fourth-order valence-electron chi connectivity index (χ4n) is 1.83. The summed E-state index contributed by atoms with van der Waals surface area (Å²) >= 11 is 0. The molecule has 0 fully saturated rings. The van der Waals surface area contributed by atoms with E-state index in [-0.39, 0.29) is 11.4 Å². The van der Waals surface area contributed by atoms with E-state index in [4.69, 9.17) is 5.11 Å². The normalized spacial score (nSPS) is 10.1. The van der Waals surface area contributed by atoms with E-state index in [1.165, 1.54) is 24.4 Å². The summed E-state index contributed by atoms with van der Waals surface area (Å²) in [6.07, 6.45) is 1.46. The van der Waals surface area contributed by atoms with Gasteiger partial charge in [-0.3, -0.25) is 10.1 Å². The minimum atomic E-state index is -1.08. The fraction of sp³-hybridized carbons (Fsp3) is 0.143. The van der Waals surface area contributed by atoms with Crippen LogP contribution in [0.25, 0.3) is 0 Å². The maximum absolute atomic E-state index is 10.8. The summed E-state index contributed by atoms with van der Waals surface area (Å²) < 4.78 is 0. The Morgan fingerprint density at radius 3 is 2.71 bits per heavy atom. The van der Waals surface area contributed by atoms with Crippen molar-refractivity contribution in [3.05, 3.63) is 63.5 Å². The lowest BCUT2D eigenvalue weighted by Crippen LogP contribution is -2.04. The van der Waals surface area contributed by atoms with Crippen LogP contribution in [0.2, 0.25) is 0 Å². The second-order valence-electron chi connectivity index (χ2n) is 4.52. The zero-order chi connectivity index (χ0) is 15.4. The second kappa shape index (κ2) is 6.00. The highest BCUT2D eigenvalue weighted by Gasteiger charge is 2.08. The van der Waals surface area contributed by atoms with E-state index in [1.807, 2.05) is 0 Å². The van der Waals surface area contributed by atoms with Gasteiger partial charge in [0.2, 0.25) is 0 Å². The Kier molecular flexibility index (Phi) is 4.13. The van der Waals surface area contributed by atoms with E-state index < -0.39 is 10.9 Å². The van der Waals surface area contributed by atoms with Gasteiger partial charge in [-0.05, 0) is 30.2 Å². The number of aromatic carboxylic acids is 1. The van der Waals surface area contributed by atoms with Crippen LogP contribution in [0, 0.1) is 17.0 Å². The van der Waals surface area contributed by atoms with Gasteiger partial charge in [0.25, 0.3) is 5.69 Å². The second-order valence-corrected chi connectivity index (χ2v) is 4.52. The Morgan fingerprint density at radius 1 is 1.38 bits per heavy atom. The molecular weight excluding hydrogens is 274 g/mol. The highest BCUT2D eigenvalue weighted by molar-refractivity contribution is 5.85. The third-order valence-electron chi connectivity index (χ3n) is 2.81. The lowest BCUT2D eigenvalue weighted by molar-refractivity contribution is -0.384. The number of carboxylic acid groups (broad SMARTS) is 1. The number of hydrogen-bond donors (Lipinski definition) is 2. The van der Waals surface area contributed by atoms with E-state index in [2.05, 4.69) is 10.3 Å². The summed E-state index contributed by atoms with van der Waals surface area (Å²) in [6.45, 7) is 2.18. The average molecular weight is 287 g/mol. The minimum Gasteiger partial charge on any atom is -0.477 e. The maximum Gasteiger partial charge on any atom is 0.354 e. The molecule has 0 saturated heterocycles. The van der Waals surface area contributed by atoms with Gasteiger partial charge in [0, 0.05) is 30.6 Å². The van der Waals surface area contributed by atoms with Crippen molar-refractivity contribution < 1.29 is 14.8 Å². The molecule has 108 valence electrons. The summed E-state index contributed by atoms with van der Waals surface area (Å²) in [5.74, 6) is -1.08. The van der Waals surface area contributed by atoms with Gasteiger partial charge in [-0.25, -0.2) is 9.78 Å². The van der Waals surface area contributed by atoms with Crippen molar-refractivity contribution in [2.24, 2.45) is 0 Å². The minimum absolute atomic E-state index is 0.0232. The summed E-state index contributed by atoms with van der Waals surface area (Å²) in [5.41, 5.74) is 2.20. The number of non-ortho nitro benzene ring substituents is 1. The number of carboxylic acids is 1. The van der Waals surface area contributed by atoms with Crippen molar-refractivity contribution in [1.82, 2.24) is 4.98 Å². The van der Waals surface area contributed by atoms with E-state index in [9.17, 15) is 14.9 Å². The third kappa shape index (κ3) is 3.75. The first-order chi connectivity index (χ1) is 9.95. The molecule has 0 aliphatic carbocycles. The first-order valence-corrected chi connectivity index (χ1v) is 6.14. The van der Waals surface area contributed by atoms with Crippen molar-refractivity contribution in [2.45, 2.75) is 13.5 Å². The molecule has 0 spiro atoms. The number of aromatic nitrogens is 1. The quantitative estimate of drug-likeness (QED) is 0.646. The zero-order valence-corrected chi connectivity index (χ0v) is 11.2. The molecule has 0 aliphatic rings. The Morgan fingerprint density at radius 2 is 2.14 bits per heavy atom. The number of aryl methyl sites for hydroxylation is 1. The molecular formula is C14H13N3O4. The van der Waals surface area contributed by atoms with Crippen LogP contribution in [0.15, 0.2) is 36.5 Å². The van der Waals surface area contributed by atoms with Crippen LogP contribution in [-0.2, 0) is 6.54 Å². The zero-order valence-electron chi connectivity index (χ0n) is 11.2. The summed E-state index contributed by atoms with van der Waals surface area (Å²) in [5, 5.41) is 22.6. The van der Waals surface area contributed by atoms with Gasteiger partial charge in [-0.1, -0.05) is 6.07 Å². The van der Waals surface area contributed by atoms with Crippen LogP contribution in [-0.4, -0.2) is 21.0 Å². The fourth-order valence-corrected chi connectivity index (χ4v) is 1.83. The monoisotopic (exact) mass is 287 g/mol. The van der Waals surface area contributed by atoms with Crippen molar-refractivity contribution in [2.75, 3.05) is 5.32 Å². The van der Waals surface area contributed by atoms with Crippen LogP contribution in [0.4, 0.5) is 11.4 Å². The van der Waals surface area contributed by atoms with Gasteiger partial charge < -0.3 is 10.4 Å². The molecule has 1 aromatic heterocycles. The predicted molar refractivity (Wildman–Crippen MR) is 76.4 cm³/mol. The average Bonchev–Trinajstić information content (AvgIpc) is 2.45. The molecule has 0 radical (unpaired) electrons. The lowest BCUT2D eigenvalue weighted by Gasteiger charge is -2.07. The van der Waals surface area contributed by atoms with Gasteiger partial charge in [0.1, 0.15) is 5.69 Å². The van der Waals surface area contributed by atoms with Crippen molar-refractivity contribution in [3.63, 3.8) is 0 Å². The molecule has 1 aromatic carbocycles. The number of nitro benzene ring substituents is 1. The number of pyridine rings is 1. The smallest absolute Gasteiger partial charge is 0.354 e. The SMILES string of the molecule is Cc1cc(NCc2ccc(C(=O)O)nc2)cc([N+](=O)[O-])c1. The van der Waals surface area contributed by atoms with E-state index >= 15 is 0 Å². The van der Waals surface area contributed by atoms with Gasteiger partial charge in [0.15, 0.2) is 0 Å². The van der Waals surface area contributed by atoms with E-state index in [1.54, 1.807) is 19.1 Å². The van der Waals surface area contributed by atoms with Gasteiger partial charge in [-0.2, -0.15) is 0 Å². The number of rotatable bonds is 5. The summed E-state index contributed by atoms with van der Waals surface area (Å²) in [4.78, 5) is 24.8. The number of nitro groups is 1. The molecule has 0 amide bonds. The van der Waals surface area contributed by atoms with Crippen LogP contribution in [0.5, 0.6) is 0 Å². The summed E-state index contributed by atoms with van der Waals surface area (Å²) in [7, 11) is 0. The van der Waals surface area contributed by atoms with Gasteiger partial charge in [-0.15, -0.1) is 0 Å². The van der Waals surface area contributed by atoms with Gasteiger partial charge in [0.05, 0.1) is 4.92 Å². The maximum atomic E-state index is 10.8. The number of carbonyl (C=O) groups is 1. The lowest BCUT2D eigenvalue weighted by atomic mass is 10.2. The largest absolute Gasteiger partial charge is 0.477 e. The Hall–Kier alpha value is -2.96. The highest BCUT2D eigenvalue weighted by atomic mass is 16.6. The topological polar surface area (TPSA) is 105 Å². The molecule has 2 N–H and O–H groups in total. The predicted octanol–water partition coefficient (Wildman–Crippen LogP) is 2.61. The number of nitrogens with zero attached hydrogens (tertiary/aromatic N) is 2. The molecule has 1 heterocycles. The van der Waals surface area contributed by atoms with Crippen LogP contribution >= 0.6 is 0 Å². The molecule has 2 aromatic rings. The number of anilines is 1. The molecule has 7 heteroatoms. The summed E-state index contributed by atoms with van der Waals surface area (Å²) in [6, 6.07) is 7.80. The number of hydrogen-bond acceptors (Lipinski definition) is 5. The van der Waals surface area contributed by atoms with E-state index in [0.717, 1.165) is 11.1 Å². The molecule has 7 nitrogen and oxygen atoms in total. The molecule has 2 rings (SSSR count). The van der Waals surface area contributed by atoms with E-state index in [0.29, 0.717) is 12.2 Å². The Bertz CT molecular complexity index is 683. The Labute approximate surface area is 120 Å². The Balaban J connectivity index is 2.09. The number of nitrogens with one attached hydrogen (secondary N) is 1. The van der Waals surface area contributed by atoms with Crippen molar-refractivity contribution >= 4 is 17.3 Å². The number of benzene rings is 1. The molecule has 0 unspecified atom stereocenters. The first-order valence-electron chi connectivity index (χ1n) is 6.14. The molecule has 0 saturated carbocycles. The van der Waals surface area contributed by atoms with Crippen LogP contribution in [0.1, 0.15) is 21.6 Å². The van der Waals surface area contributed by atoms with Gasteiger partial charge >= 0.3 is 5.97 Å². The highest BCUT2D eigenvalue weighted by Crippen LogP contribution is 2.20. The molecule has 0 atom stereocenters. The molecule has 21 heavy (non-hydrogen) atoms. The third-order valence-corrected chi connectivity index (χ3v) is 2.81. The van der Waals surface area contributed by atoms with Crippen LogP contribution < -0.4 is 5.32 Å². The molecule has 0 bridgehead atoms.